The summed E-state index contributed by atoms with van der Waals surface area (Å²) in [7, 11) is 0. The monoisotopic (exact) mass is 391 g/mol. The van der Waals surface area contributed by atoms with Gasteiger partial charge >= 0.3 is 0 Å². The molecule has 1 aliphatic heterocycles. The van der Waals surface area contributed by atoms with E-state index in [9.17, 15) is 0 Å². The average molecular weight is 392 g/mol. The molecule has 0 spiro atoms. The topological polar surface area (TPSA) is 46.0 Å². The molecule has 0 amide bonds. The van der Waals surface area contributed by atoms with Crippen molar-refractivity contribution in [1.29, 1.82) is 0 Å². The lowest BCUT2D eigenvalue weighted by Crippen LogP contribution is -2.29. The number of thiocarbonyl (C=S) groups is 1. The van der Waals surface area contributed by atoms with E-state index in [1.807, 2.05) is 42.9 Å². The van der Waals surface area contributed by atoms with Crippen LogP contribution in [-0.2, 0) is 12.1 Å². The van der Waals surface area contributed by atoms with Crippen LogP contribution in [0.15, 0.2) is 67.4 Å². The summed E-state index contributed by atoms with van der Waals surface area (Å²) >= 11 is 5.74. The normalized spacial score (nSPS) is 19.7. The molecule has 0 aliphatic carbocycles. The van der Waals surface area contributed by atoms with E-state index in [1.165, 1.54) is 11.1 Å². The second-order valence-corrected chi connectivity index (χ2v) is 8.52. The summed E-state index contributed by atoms with van der Waals surface area (Å²) in [6.45, 7) is 7.35. The Morgan fingerprint density at radius 1 is 1.07 bits per heavy atom. The van der Waals surface area contributed by atoms with Gasteiger partial charge in [-0.15, -0.1) is 0 Å². The first-order valence-electron chi connectivity index (χ1n) is 9.49. The maximum atomic E-state index is 5.74. The number of pyridine rings is 2. The van der Waals surface area contributed by atoms with Gasteiger partial charge < -0.3 is 14.8 Å². The molecule has 4 rings (SSSR count). The van der Waals surface area contributed by atoms with Gasteiger partial charge in [-0.05, 0) is 74.4 Å². The summed E-state index contributed by atoms with van der Waals surface area (Å²) in [6, 6.07) is 12.4. The van der Waals surface area contributed by atoms with E-state index >= 15 is 0 Å². The van der Waals surface area contributed by atoms with Crippen LogP contribution in [0, 0.1) is 0 Å². The molecule has 0 radical (unpaired) electrons. The molecule has 1 fully saturated rings. The zero-order valence-corrected chi connectivity index (χ0v) is 17.2. The molecule has 5 nitrogen and oxygen atoms in total. The van der Waals surface area contributed by atoms with E-state index in [4.69, 9.17) is 12.2 Å². The predicted octanol–water partition coefficient (Wildman–Crippen LogP) is 4.21. The Morgan fingerprint density at radius 3 is 2.50 bits per heavy atom. The fourth-order valence-electron chi connectivity index (χ4n) is 3.63. The molecule has 0 saturated carbocycles. The van der Waals surface area contributed by atoms with Gasteiger partial charge in [0.25, 0.3) is 0 Å². The van der Waals surface area contributed by atoms with Crippen molar-refractivity contribution < 1.29 is 0 Å². The third-order valence-electron chi connectivity index (χ3n) is 5.13. The van der Waals surface area contributed by atoms with E-state index in [0.717, 1.165) is 17.4 Å². The molecule has 144 valence electrons. The minimum atomic E-state index is 0.00588. The molecule has 0 aromatic carbocycles. The Bertz CT molecular complexity index is 946. The fraction of sp³-hybridized carbons (Fsp3) is 0.318. The minimum absolute atomic E-state index is 0.00588. The molecular weight excluding hydrogens is 366 g/mol. The van der Waals surface area contributed by atoms with Crippen LogP contribution in [0.25, 0.3) is 0 Å². The van der Waals surface area contributed by atoms with E-state index in [0.29, 0.717) is 0 Å². The van der Waals surface area contributed by atoms with Gasteiger partial charge in [0.05, 0.1) is 17.8 Å². The van der Waals surface area contributed by atoms with Crippen LogP contribution < -0.4 is 5.32 Å². The zero-order valence-electron chi connectivity index (χ0n) is 16.4. The molecule has 0 unspecified atom stereocenters. The first-order chi connectivity index (χ1) is 13.4. The molecule has 2 atom stereocenters. The van der Waals surface area contributed by atoms with Crippen molar-refractivity contribution in [1.82, 2.24) is 24.8 Å². The van der Waals surface area contributed by atoms with Crippen LogP contribution in [0.4, 0.5) is 0 Å². The third-order valence-corrected chi connectivity index (χ3v) is 5.48. The number of hydrogen-bond acceptors (Lipinski definition) is 3. The first kappa shape index (κ1) is 18.6. The lowest BCUT2D eigenvalue weighted by atomic mass is 9.98. The fourth-order valence-corrected chi connectivity index (χ4v) is 3.93. The summed E-state index contributed by atoms with van der Waals surface area (Å²) in [6.07, 6.45) is 9.86. The van der Waals surface area contributed by atoms with Crippen LogP contribution >= 0.6 is 12.2 Å². The van der Waals surface area contributed by atoms with Crippen molar-refractivity contribution in [2.75, 3.05) is 0 Å². The maximum Gasteiger partial charge on any atom is 0.170 e. The highest BCUT2D eigenvalue weighted by Gasteiger charge is 2.40. The van der Waals surface area contributed by atoms with E-state index in [2.05, 4.69) is 70.0 Å². The van der Waals surface area contributed by atoms with Crippen LogP contribution in [0.3, 0.4) is 0 Å². The number of nitrogens with zero attached hydrogens (tertiary/aromatic N) is 4. The summed E-state index contributed by atoms with van der Waals surface area (Å²) < 4.78 is 2.25. The number of nitrogens with one attached hydrogen (secondary N) is 1. The van der Waals surface area contributed by atoms with Crippen molar-refractivity contribution in [2.24, 2.45) is 0 Å². The molecule has 1 saturated heterocycles. The largest absolute Gasteiger partial charge is 0.352 e. The van der Waals surface area contributed by atoms with E-state index < -0.39 is 0 Å². The van der Waals surface area contributed by atoms with Gasteiger partial charge in [-0.2, -0.15) is 0 Å². The average Bonchev–Trinajstić information content (AvgIpc) is 3.29. The minimum Gasteiger partial charge on any atom is -0.352 e. The molecule has 4 heterocycles. The number of aromatic nitrogens is 3. The lowest BCUT2D eigenvalue weighted by Gasteiger charge is -2.28. The number of rotatable bonds is 4. The van der Waals surface area contributed by atoms with Crippen molar-refractivity contribution in [3.63, 3.8) is 0 Å². The van der Waals surface area contributed by atoms with E-state index in [1.54, 1.807) is 0 Å². The SMILES string of the molecule is CC(C)(C)n1ccc([C@H]2[C@H](c3ccccn3)NC(=S)N2Cc2ccncc2)c1. The van der Waals surface area contributed by atoms with Crippen molar-refractivity contribution in [3.05, 3.63) is 84.2 Å². The highest BCUT2D eigenvalue weighted by molar-refractivity contribution is 7.80. The second kappa shape index (κ2) is 7.36. The molecule has 1 N–H and O–H groups in total. The van der Waals surface area contributed by atoms with Gasteiger partial charge in [0.2, 0.25) is 0 Å². The quantitative estimate of drug-likeness (QED) is 0.675. The molecule has 3 aromatic rings. The summed E-state index contributed by atoms with van der Waals surface area (Å²) in [5, 5.41) is 4.26. The molecule has 1 aliphatic rings. The van der Waals surface area contributed by atoms with Gasteiger partial charge in [0.15, 0.2) is 5.11 Å². The first-order valence-corrected chi connectivity index (χ1v) is 9.89. The Balaban J connectivity index is 1.74. The second-order valence-electron chi connectivity index (χ2n) is 8.13. The molecular formula is C22H25N5S. The third kappa shape index (κ3) is 3.64. The standard InChI is InChI=1S/C22H25N5S/c1-22(2,3)26-13-9-17(15-26)20-19(18-6-4-5-10-24-18)25-21(28)27(20)14-16-7-11-23-12-8-16/h4-13,15,19-20H,14H2,1-3H3,(H,25,28)/t19-,20-/m0/s1. The molecule has 0 bridgehead atoms. The lowest BCUT2D eigenvalue weighted by molar-refractivity contribution is 0.309. The van der Waals surface area contributed by atoms with Crippen LogP contribution in [-0.4, -0.2) is 24.5 Å². The Morgan fingerprint density at radius 2 is 1.86 bits per heavy atom. The maximum absolute atomic E-state index is 5.74. The highest BCUT2D eigenvalue weighted by Crippen LogP contribution is 2.40. The van der Waals surface area contributed by atoms with Crippen LogP contribution in [0.1, 0.15) is 49.7 Å². The smallest absolute Gasteiger partial charge is 0.170 e. The van der Waals surface area contributed by atoms with Gasteiger partial charge in [-0.25, -0.2) is 0 Å². The van der Waals surface area contributed by atoms with Gasteiger partial charge in [0, 0.05) is 43.1 Å². The Kier molecular flexibility index (Phi) is 4.89. The number of hydrogen-bond donors (Lipinski definition) is 1. The predicted molar refractivity (Wildman–Crippen MR) is 115 cm³/mol. The van der Waals surface area contributed by atoms with Gasteiger partial charge in [-0.1, -0.05) is 6.07 Å². The van der Waals surface area contributed by atoms with E-state index in [-0.39, 0.29) is 17.6 Å². The Hall–Kier alpha value is -2.73. The Labute approximate surface area is 171 Å². The highest BCUT2D eigenvalue weighted by atomic mass is 32.1. The zero-order chi connectivity index (χ0) is 19.7. The summed E-state index contributed by atoms with van der Waals surface area (Å²) in [5.41, 5.74) is 3.44. The van der Waals surface area contributed by atoms with Crippen molar-refractivity contribution in [2.45, 2.75) is 44.9 Å². The molecule has 28 heavy (non-hydrogen) atoms. The molecule has 3 aromatic heterocycles. The van der Waals surface area contributed by atoms with Gasteiger partial charge in [-0.3, -0.25) is 9.97 Å². The van der Waals surface area contributed by atoms with Crippen LogP contribution in [0.5, 0.6) is 0 Å². The van der Waals surface area contributed by atoms with Crippen molar-refractivity contribution in [3.8, 4) is 0 Å². The van der Waals surface area contributed by atoms with Gasteiger partial charge in [0.1, 0.15) is 0 Å². The summed E-state index contributed by atoms with van der Waals surface area (Å²) in [4.78, 5) is 11.0. The van der Waals surface area contributed by atoms with Crippen molar-refractivity contribution >= 4 is 17.3 Å². The van der Waals surface area contributed by atoms with Crippen LogP contribution in [0.2, 0.25) is 0 Å². The molecule has 6 heteroatoms. The summed E-state index contributed by atoms with van der Waals surface area (Å²) in [5.74, 6) is 0.